The van der Waals surface area contributed by atoms with Crippen LogP contribution in [0, 0.1) is 0 Å². The van der Waals surface area contributed by atoms with Crippen LogP contribution in [0.2, 0.25) is 0 Å². The van der Waals surface area contributed by atoms with Crippen LogP contribution in [-0.2, 0) is 16.1 Å². The van der Waals surface area contributed by atoms with Gasteiger partial charge in [0.05, 0.1) is 13.7 Å². The van der Waals surface area contributed by atoms with Gasteiger partial charge in [-0.2, -0.15) is 0 Å². The minimum Gasteiger partial charge on any atom is -0.497 e. The molecule has 2 fully saturated rings. The summed E-state index contributed by atoms with van der Waals surface area (Å²) in [4.78, 5) is 15.1. The number of benzene rings is 1. The van der Waals surface area contributed by atoms with Gasteiger partial charge in [-0.3, -0.25) is 4.79 Å². The molecule has 2 aliphatic rings. The summed E-state index contributed by atoms with van der Waals surface area (Å²) < 4.78 is 11.1. The molecule has 0 aromatic heterocycles. The van der Waals surface area contributed by atoms with Gasteiger partial charge in [0.15, 0.2) is 0 Å². The second-order valence-electron chi connectivity index (χ2n) is 7.07. The SMILES string of the molecule is COc1cccc(COC(C)C(=O)N(C2CCCCC2)C2CC2)c1. The number of carbonyl (C=O) groups is 1. The lowest BCUT2D eigenvalue weighted by atomic mass is 9.93. The first-order valence-electron chi connectivity index (χ1n) is 9.25. The second kappa shape index (κ2) is 8.02. The average molecular weight is 331 g/mol. The van der Waals surface area contributed by atoms with Crippen LogP contribution in [0.25, 0.3) is 0 Å². The predicted molar refractivity (Wildman–Crippen MR) is 94.0 cm³/mol. The van der Waals surface area contributed by atoms with E-state index in [1.807, 2.05) is 31.2 Å². The lowest BCUT2D eigenvalue weighted by molar-refractivity contribution is -0.147. The number of carbonyl (C=O) groups excluding carboxylic acids is 1. The number of methoxy groups -OCH3 is 1. The van der Waals surface area contributed by atoms with E-state index in [-0.39, 0.29) is 5.91 Å². The molecule has 0 bridgehead atoms. The fourth-order valence-electron chi connectivity index (χ4n) is 3.63. The largest absolute Gasteiger partial charge is 0.497 e. The van der Waals surface area contributed by atoms with Gasteiger partial charge in [-0.15, -0.1) is 0 Å². The maximum Gasteiger partial charge on any atom is 0.251 e. The number of rotatable bonds is 7. The molecule has 0 radical (unpaired) electrons. The summed E-state index contributed by atoms with van der Waals surface area (Å²) in [6.07, 6.45) is 8.05. The Morgan fingerprint density at radius 2 is 1.88 bits per heavy atom. The highest BCUT2D eigenvalue weighted by Crippen LogP contribution is 2.34. The number of hydrogen-bond acceptors (Lipinski definition) is 3. The lowest BCUT2D eigenvalue weighted by Gasteiger charge is -2.36. The Kier molecular flexibility index (Phi) is 5.77. The maximum atomic E-state index is 12.9. The Bertz CT molecular complexity index is 550. The van der Waals surface area contributed by atoms with E-state index in [0.29, 0.717) is 18.7 Å². The zero-order valence-electron chi connectivity index (χ0n) is 14.9. The van der Waals surface area contributed by atoms with Crippen LogP contribution in [0.1, 0.15) is 57.4 Å². The first-order valence-corrected chi connectivity index (χ1v) is 9.25. The predicted octanol–water partition coefficient (Wildman–Crippen LogP) is 3.92. The van der Waals surface area contributed by atoms with E-state index in [2.05, 4.69) is 4.90 Å². The molecule has 4 heteroatoms. The molecule has 0 aliphatic heterocycles. The number of ether oxygens (including phenoxy) is 2. The third-order valence-electron chi connectivity index (χ3n) is 5.14. The van der Waals surface area contributed by atoms with Crippen LogP contribution in [-0.4, -0.2) is 36.1 Å². The van der Waals surface area contributed by atoms with E-state index in [1.54, 1.807) is 7.11 Å². The minimum atomic E-state index is -0.390. The molecule has 4 nitrogen and oxygen atoms in total. The zero-order valence-corrected chi connectivity index (χ0v) is 14.9. The normalized spacial score (nSPS) is 19.8. The van der Waals surface area contributed by atoms with E-state index < -0.39 is 6.10 Å². The quantitative estimate of drug-likeness (QED) is 0.760. The van der Waals surface area contributed by atoms with Gasteiger partial charge < -0.3 is 14.4 Å². The molecule has 0 saturated heterocycles. The summed E-state index contributed by atoms with van der Waals surface area (Å²) in [5.74, 6) is 0.990. The van der Waals surface area contributed by atoms with E-state index in [4.69, 9.17) is 9.47 Å². The molecule has 0 N–H and O–H groups in total. The molecule has 1 unspecified atom stereocenters. The Morgan fingerprint density at radius 3 is 2.54 bits per heavy atom. The van der Waals surface area contributed by atoms with Crippen LogP contribution in [0.5, 0.6) is 5.75 Å². The highest BCUT2D eigenvalue weighted by Gasteiger charge is 2.39. The molecule has 1 amide bonds. The Hall–Kier alpha value is -1.55. The van der Waals surface area contributed by atoms with Crippen LogP contribution in [0.3, 0.4) is 0 Å². The van der Waals surface area contributed by atoms with E-state index in [0.717, 1.165) is 37.0 Å². The van der Waals surface area contributed by atoms with Gasteiger partial charge in [0.25, 0.3) is 5.91 Å². The summed E-state index contributed by atoms with van der Waals surface area (Å²) in [5.41, 5.74) is 1.03. The number of amides is 1. The third kappa shape index (κ3) is 4.29. The fourth-order valence-corrected chi connectivity index (χ4v) is 3.63. The molecule has 1 aromatic rings. The topological polar surface area (TPSA) is 38.8 Å². The van der Waals surface area contributed by atoms with Crippen molar-refractivity contribution in [2.45, 2.75) is 76.7 Å². The van der Waals surface area contributed by atoms with Gasteiger partial charge in [0.1, 0.15) is 11.9 Å². The first-order chi connectivity index (χ1) is 11.7. The minimum absolute atomic E-state index is 0.173. The summed E-state index contributed by atoms with van der Waals surface area (Å²) in [7, 11) is 1.66. The van der Waals surface area contributed by atoms with Crippen molar-refractivity contribution < 1.29 is 14.3 Å². The molecule has 0 spiro atoms. The fraction of sp³-hybridized carbons (Fsp3) is 0.650. The van der Waals surface area contributed by atoms with E-state index in [9.17, 15) is 4.79 Å². The van der Waals surface area contributed by atoms with Gasteiger partial charge in [-0.1, -0.05) is 31.4 Å². The standard InChI is InChI=1S/C20H29NO3/c1-15(24-14-16-7-6-10-19(13-16)23-2)20(22)21(18-11-12-18)17-8-4-3-5-9-17/h6-7,10,13,15,17-18H,3-5,8-9,11-12,14H2,1-2H3. The summed E-state index contributed by atoms with van der Waals surface area (Å²) in [6.45, 7) is 2.33. The third-order valence-corrected chi connectivity index (χ3v) is 5.14. The monoisotopic (exact) mass is 331 g/mol. The second-order valence-corrected chi connectivity index (χ2v) is 7.07. The van der Waals surface area contributed by atoms with Crippen molar-refractivity contribution in [3.8, 4) is 5.75 Å². The smallest absolute Gasteiger partial charge is 0.251 e. The van der Waals surface area contributed by atoms with Gasteiger partial charge in [-0.05, 0) is 50.3 Å². The average Bonchev–Trinajstić information content (AvgIpc) is 3.46. The summed E-state index contributed by atoms with van der Waals surface area (Å²) >= 11 is 0. The van der Waals surface area contributed by atoms with Crippen LogP contribution in [0.15, 0.2) is 24.3 Å². The van der Waals surface area contributed by atoms with Crippen LogP contribution in [0.4, 0.5) is 0 Å². The molecular weight excluding hydrogens is 302 g/mol. The molecular formula is C20H29NO3. The van der Waals surface area contributed by atoms with Crippen molar-refractivity contribution >= 4 is 5.91 Å². The molecule has 3 rings (SSSR count). The molecule has 132 valence electrons. The molecule has 2 saturated carbocycles. The Balaban J connectivity index is 1.57. The summed E-state index contributed by atoms with van der Waals surface area (Å²) in [5, 5.41) is 0. The Labute approximate surface area is 145 Å². The van der Waals surface area contributed by atoms with Gasteiger partial charge >= 0.3 is 0 Å². The van der Waals surface area contributed by atoms with Crippen molar-refractivity contribution in [3.05, 3.63) is 29.8 Å². The number of hydrogen-bond donors (Lipinski definition) is 0. The van der Waals surface area contributed by atoms with Crippen molar-refractivity contribution in [1.29, 1.82) is 0 Å². The zero-order chi connectivity index (χ0) is 16.9. The molecule has 0 heterocycles. The van der Waals surface area contributed by atoms with Crippen LogP contribution < -0.4 is 4.74 Å². The van der Waals surface area contributed by atoms with Gasteiger partial charge in [0.2, 0.25) is 0 Å². The highest BCUT2D eigenvalue weighted by molar-refractivity contribution is 5.81. The lowest BCUT2D eigenvalue weighted by Crippen LogP contribution is -2.47. The van der Waals surface area contributed by atoms with Gasteiger partial charge in [-0.25, -0.2) is 0 Å². The van der Waals surface area contributed by atoms with Crippen molar-refractivity contribution in [1.82, 2.24) is 4.90 Å². The molecule has 1 atom stereocenters. The highest BCUT2D eigenvalue weighted by atomic mass is 16.5. The molecule has 1 aromatic carbocycles. The summed E-state index contributed by atoms with van der Waals surface area (Å²) in [6, 6.07) is 8.71. The van der Waals surface area contributed by atoms with Gasteiger partial charge in [0, 0.05) is 12.1 Å². The van der Waals surface area contributed by atoms with Crippen molar-refractivity contribution in [2.24, 2.45) is 0 Å². The molecule has 2 aliphatic carbocycles. The van der Waals surface area contributed by atoms with Crippen molar-refractivity contribution in [2.75, 3.05) is 7.11 Å². The van der Waals surface area contributed by atoms with E-state index in [1.165, 1.54) is 19.3 Å². The molecule has 24 heavy (non-hydrogen) atoms. The van der Waals surface area contributed by atoms with Crippen molar-refractivity contribution in [3.63, 3.8) is 0 Å². The number of nitrogens with zero attached hydrogens (tertiary/aromatic N) is 1. The van der Waals surface area contributed by atoms with E-state index >= 15 is 0 Å². The van der Waals surface area contributed by atoms with Crippen LogP contribution >= 0.6 is 0 Å². The first kappa shape index (κ1) is 17.3. The Morgan fingerprint density at radius 1 is 1.17 bits per heavy atom. The maximum absolute atomic E-state index is 12.9.